The van der Waals surface area contributed by atoms with Gasteiger partial charge in [0.25, 0.3) is 0 Å². The fourth-order valence-electron chi connectivity index (χ4n) is 8.61. The predicted octanol–water partition coefficient (Wildman–Crippen LogP) is 10.7. The average Bonchev–Trinajstić information content (AvgIpc) is 3.83. The van der Waals surface area contributed by atoms with Crippen molar-refractivity contribution in [2.75, 3.05) is 0 Å². The summed E-state index contributed by atoms with van der Waals surface area (Å²) in [6, 6.07) is 46.3. The summed E-state index contributed by atoms with van der Waals surface area (Å²) in [6.45, 7) is 0. The Hall–Kier alpha value is -6.26. The molecule has 0 unspecified atom stereocenters. The summed E-state index contributed by atoms with van der Waals surface area (Å²) in [5.41, 5.74) is 10.3. The molecule has 210 valence electrons. The van der Waals surface area contributed by atoms with Crippen molar-refractivity contribution in [3.05, 3.63) is 134 Å². The molecule has 4 heterocycles. The Labute approximate surface area is 261 Å². The second-order valence-electron chi connectivity index (χ2n) is 12.6. The third-order valence-electron chi connectivity index (χ3n) is 10.4. The molecule has 0 saturated carbocycles. The highest BCUT2D eigenvalue weighted by Gasteiger charge is 2.28. The lowest BCUT2D eigenvalue weighted by Crippen LogP contribution is -2.01. The van der Waals surface area contributed by atoms with Gasteiger partial charge in [-0.3, -0.25) is 9.55 Å². The maximum Gasteiger partial charge on any atom is 0.156 e. The number of hydrogen-bond acceptors (Lipinski definition) is 2. The maximum absolute atomic E-state index is 5.46. The minimum atomic E-state index is 0.835. The Morgan fingerprint density at radius 3 is 1.96 bits per heavy atom. The Morgan fingerprint density at radius 1 is 0.435 bits per heavy atom. The van der Waals surface area contributed by atoms with Gasteiger partial charge in [-0.2, -0.15) is 0 Å². The molecule has 0 aliphatic heterocycles. The summed E-state index contributed by atoms with van der Waals surface area (Å²) in [6.07, 6.45) is 1.97. The third kappa shape index (κ3) is 2.57. The Kier molecular flexibility index (Phi) is 3.96. The number of fused-ring (bicyclic) bond motifs is 15. The van der Waals surface area contributed by atoms with E-state index in [-0.39, 0.29) is 0 Å². The summed E-state index contributed by atoms with van der Waals surface area (Å²) in [4.78, 5) is 10.6. The number of rotatable bonds is 1. The highest BCUT2D eigenvalue weighted by molar-refractivity contribution is 6.37. The molecule has 12 rings (SSSR count). The van der Waals surface area contributed by atoms with E-state index in [2.05, 4.69) is 136 Å². The second-order valence-corrected chi connectivity index (χ2v) is 12.6. The van der Waals surface area contributed by atoms with Crippen LogP contribution in [0.2, 0.25) is 0 Å². The van der Waals surface area contributed by atoms with Crippen molar-refractivity contribution in [1.82, 2.24) is 18.9 Å². The fraction of sp³-hybridized carbons (Fsp3) is 0. The topological polar surface area (TPSA) is 35.1 Å². The number of nitrogens with zero attached hydrogens (tertiary/aromatic N) is 4. The molecule has 0 saturated heterocycles. The number of aromatic nitrogens is 4. The quantitative estimate of drug-likeness (QED) is 0.193. The van der Waals surface area contributed by atoms with Crippen LogP contribution in [0.3, 0.4) is 0 Å². The lowest BCUT2D eigenvalue weighted by atomic mass is 10.00. The largest absolute Gasteiger partial charge is 0.308 e. The number of benzene rings is 7. The van der Waals surface area contributed by atoms with Crippen LogP contribution in [0.4, 0.5) is 0 Å². The highest BCUT2D eigenvalue weighted by Crippen LogP contribution is 2.49. The van der Waals surface area contributed by atoms with E-state index >= 15 is 0 Å². The highest BCUT2D eigenvalue weighted by atomic mass is 15.1. The maximum atomic E-state index is 5.46. The van der Waals surface area contributed by atoms with Crippen molar-refractivity contribution >= 4 is 81.4 Å². The van der Waals surface area contributed by atoms with Gasteiger partial charge in [-0.1, -0.05) is 103 Å². The summed E-state index contributed by atoms with van der Waals surface area (Å²) in [7, 11) is 0. The van der Waals surface area contributed by atoms with Crippen molar-refractivity contribution in [2.45, 2.75) is 0 Å². The standard InChI is InChI=1S/C42H22N4/c1-2-12-25-23(9-1)19-20-34-37(25)38-41-30(26-13-3-5-17-32(26)45(34)41)21-31-27-14-4-6-18-33(27)46(42(31)38)35-22-43-39-28-15-7-10-24-11-8-16-29(36(24)28)40(39)44-35/h1-22H. The summed E-state index contributed by atoms with van der Waals surface area (Å²) in [5.74, 6) is 0.835. The van der Waals surface area contributed by atoms with Crippen LogP contribution in [-0.4, -0.2) is 18.9 Å². The molecule has 0 spiro atoms. The van der Waals surface area contributed by atoms with Crippen LogP contribution in [0.1, 0.15) is 0 Å². The first-order valence-corrected chi connectivity index (χ1v) is 15.8. The van der Waals surface area contributed by atoms with Crippen molar-refractivity contribution in [2.24, 2.45) is 0 Å². The van der Waals surface area contributed by atoms with Gasteiger partial charge in [-0.25, -0.2) is 4.98 Å². The summed E-state index contributed by atoms with van der Waals surface area (Å²) < 4.78 is 4.85. The van der Waals surface area contributed by atoms with Gasteiger partial charge in [-0.05, 0) is 40.4 Å². The lowest BCUT2D eigenvalue weighted by Gasteiger charge is -2.11. The summed E-state index contributed by atoms with van der Waals surface area (Å²) in [5, 5.41) is 12.5. The molecular formula is C42H22N4. The predicted molar refractivity (Wildman–Crippen MR) is 190 cm³/mol. The molecule has 1 aliphatic carbocycles. The van der Waals surface area contributed by atoms with Crippen LogP contribution < -0.4 is 0 Å². The van der Waals surface area contributed by atoms with E-state index < -0.39 is 0 Å². The third-order valence-corrected chi connectivity index (χ3v) is 10.4. The number of hydrogen-bond donors (Lipinski definition) is 0. The molecule has 11 aromatic rings. The molecule has 1 aliphatic rings. The molecule has 0 radical (unpaired) electrons. The second kappa shape index (κ2) is 7.87. The van der Waals surface area contributed by atoms with Crippen molar-refractivity contribution in [3.8, 4) is 28.3 Å². The van der Waals surface area contributed by atoms with E-state index in [1.54, 1.807) is 0 Å². The minimum absolute atomic E-state index is 0.835. The Balaban J connectivity index is 1.33. The molecular weight excluding hydrogens is 560 g/mol. The van der Waals surface area contributed by atoms with Crippen molar-refractivity contribution in [3.63, 3.8) is 0 Å². The van der Waals surface area contributed by atoms with Gasteiger partial charge in [0.2, 0.25) is 0 Å². The number of para-hydroxylation sites is 2. The molecule has 0 atom stereocenters. The van der Waals surface area contributed by atoms with Gasteiger partial charge < -0.3 is 4.40 Å². The molecule has 0 bridgehead atoms. The molecule has 4 heteroatoms. The fourth-order valence-corrected chi connectivity index (χ4v) is 8.61. The van der Waals surface area contributed by atoms with Crippen LogP contribution in [0, 0.1) is 0 Å². The zero-order valence-electron chi connectivity index (χ0n) is 24.5. The minimum Gasteiger partial charge on any atom is -0.308 e. The molecule has 46 heavy (non-hydrogen) atoms. The van der Waals surface area contributed by atoms with Crippen LogP contribution in [0.15, 0.2) is 134 Å². The van der Waals surface area contributed by atoms with E-state index in [9.17, 15) is 0 Å². The van der Waals surface area contributed by atoms with Crippen LogP contribution >= 0.6 is 0 Å². The molecule has 0 fully saturated rings. The monoisotopic (exact) mass is 582 g/mol. The Morgan fingerprint density at radius 2 is 1.11 bits per heavy atom. The van der Waals surface area contributed by atoms with E-state index in [4.69, 9.17) is 9.97 Å². The first-order chi connectivity index (χ1) is 22.8. The zero-order valence-corrected chi connectivity index (χ0v) is 24.5. The average molecular weight is 583 g/mol. The van der Waals surface area contributed by atoms with Gasteiger partial charge in [-0.15, -0.1) is 0 Å². The first-order valence-electron chi connectivity index (χ1n) is 15.8. The van der Waals surface area contributed by atoms with E-state index in [1.165, 1.54) is 75.9 Å². The van der Waals surface area contributed by atoms with Gasteiger partial charge >= 0.3 is 0 Å². The molecule has 4 nitrogen and oxygen atoms in total. The van der Waals surface area contributed by atoms with E-state index in [1.807, 2.05) is 6.20 Å². The van der Waals surface area contributed by atoms with Gasteiger partial charge in [0.15, 0.2) is 5.82 Å². The summed E-state index contributed by atoms with van der Waals surface area (Å²) >= 11 is 0. The Bertz CT molecular complexity index is 3140. The van der Waals surface area contributed by atoms with E-state index in [0.29, 0.717) is 0 Å². The van der Waals surface area contributed by atoms with Crippen LogP contribution in [0.5, 0.6) is 0 Å². The first kappa shape index (κ1) is 23.2. The molecule has 0 N–H and O–H groups in total. The van der Waals surface area contributed by atoms with E-state index in [0.717, 1.165) is 33.8 Å². The molecule has 0 amide bonds. The van der Waals surface area contributed by atoms with Crippen molar-refractivity contribution < 1.29 is 0 Å². The van der Waals surface area contributed by atoms with Gasteiger partial charge in [0, 0.05) is 48.8 Å². The van der Waals surface area contributed by atoms with Crippen LogP contribution in [0.25, 0.3) is 110 Å². The van der Waals surface area contributed by atoms with Gasteiger partial charge in [0.1, 0.15) is 0 Å². The zero-order chi connectivity index (χ0) is 29.7. The smallest absolute Gasteiger partial charge is 0.156 e. The molecule has 4 aromatic heterocycles. The van der Waals surface area contributed by atoms with Crippen LogP contribution in [-0.2, 0) is 0 Å². The van der Waals surface area contributed by atoms with Gasteiger partial charge in [0.05, 0.1) is 45.2 Å². The lowest BCUT2D eigenvalue weighted by molar-refractivity contribution is 1.06. The SMILES string of the molecule is c1cc2c3c(cccc3c1)-c1nc(-n3c4ccccc4c4cc5c6ccccc6n6c7ccc8ccccc8c7c(c43)c56)cnc1-2. The normalized spacial score (nSPS) is 12.8. The molecule has 7 aromatic carbocycles. The van der Waals surface area contributed by atoms with Crippen molar-refractivity contribution in [1.29, 1.82) is 0 Å².